The second-order valence-corrected chi connectivity index (χ2v) is 5.32. The SMILES string of the molecule is N/C(=N/O)c1cccc(S(=O)(=O)NCCC(=O)O)c1. The maximum atomic E-state index is 11.8. The molecule has 0 radical (unpaired) electrons. The lowest BCUT2D eigenvalue weighted by atomic mass is 10.2. The van der Waals surface area contributed by atoms with E-state index in [2.05, 4.69) is 9.88 Å². The molecule has 104 valence electrons. The van der Waals surface area contributed by atoms with E-state index in [-0.39, 0.29) is 29.3 Å². The van der Waals surface area contributed by atoms with Gasteiger partial charge >= 0.3 is 5.97 Å². The van der Waals surface area contributed by atoms with E-state index in [9.17, 15) is 13.2 Å². The van der Waals surface area contributed by atoms with Gasteiger partial charge in [0.15, 0.2) is 5.84 Å². The van der Waals surface area contributed by atoms with Crippen molar-refractivity contribution in [2.75, 3.05) is 6.54 Å². The number of rotatable bonds is 6. The molecule has 1 rings (SSSR count). The van der Waals surface area contributed by atoms with Gasteiger partial charge in [0.25, 0.3) is 0 Å². The average molecular weight is 287 g/mol. The van der Waals surface area contributed by atoms with Gasteiger partial charge in [-0.2, -0.15) is 0 Å². The number of nitrogens with two attached hydrogens (primary N) is 1. The van der Waals surface area contributed by atoms with Crippen molar-refractivity contribution in [3.8, 4) is 0 Å². The first kappa shape index (κ1) is 14.9. The molecule has 0 fully saturated rings. The molecule has 0 aliphatic rings. The Hall–Kier alpha value is -2.13. The Morgan fingerprint density at radius 2 is 2.11 bits per heavy atom. The number of carbonyl (C=O) groups is 1. The lowest BCUT2D eigenvalue weighted by Crippen LogP contribution is -2.26. The fourth-order valence-electron chi connectivity index (χ4n) is 1.26. The van der Waals surface area contributed by atoms with Crippen LogP contribution in [0, 0.1) is 0 Å². The summed E-state index contributed by atoms with van der Waals surface area (Å²) in [4.78, 5) is 10.2. The Labute approximate surface area is 109 Å². The van der Waals surface area contributed by atoms with Crippen LogP contribution in [0.25, 0.3) is 0 Å². The topological polar surface area (TPSA) is 142 Å². The standard InChI is InChI=1S/C10H13N3O5S/c11-10(13-16)7-2-1-3-8(6-7)19(17,18)12-5-4-9(14)15/h1-3,6,12,16H,4-5H2,(H2,11,13)(H,14,15). The zero-order valence-electron chi connectivity index (χ0n) is 9.78. The van der Waals surface area contributed by atoms with Crippen LogP contribution in [0.15, 0.2) is 34.3 Å². The Morgan fingerprint density at radius 1 is 1.42 bits per heavy atom. The lowest BCUT2D eigenvalue weighted by Gasteiger charge is -2.07. The van der Waals surface area contributed by atoms with Crippen LogP contribution >= 0.6 is 0 Å². The molecule has 0 heterocycles. The summed E-state index contributed by atoms with van der Waals surface area (Å²) in [5, 5.41) is 19.7. The van der Waals surface area contributed by atoms with Gasteiger partial charge in [0.1, 0.15) is 0 Å². The maximum Gasteiger partial charge on any atom is 0.304 e. The molecular formula is C10H13N3O5S. The molecule has 0 aliphatic heterocycles. The first-order valence-electron chi connectivity index (χ1n) is 5.16. The van der Waals surface area contributed by atoms with Gasteiger partial charge in [-0.25, -0.2) is 13.1 Å². The number of amidine groups is 1. The molecule has 0 atom stereocenters. The van der Waals surface area contributed by atoms with Crippen molar-refractivity contribution in [2.24, 2.45) is 10.9 Å². The normalized spacial score (nSPS) is 12.3. The molecule has 0 aromatic heterocycles. The van der Waals surface area contributed by atoms with Gasteiger partial charge in [-0.1, -0.05) is 17.3 Å². The summed E-state index contributed by atoms with van der Waals surface area (Å²) >= 11 is 0. The highest BCUT2D eigenvalue weighted by molar-refractivity contribution is 7.89. The van der Waals surface area contributed by atoms with Crippen molar-refractivity contribution in [3.63, 3.8) is 0 Å². The number of nitrogens with zero attached hydrogens (tertiary/aromatic N) is 1. The zero-order chi connectivity index (χ0) is 14.5. The molecule has 0 saturated heterocycles. The Morgan fingerprint density at radius 3 is 2.68 bits per heavy atom. The lowest BCUT2D eigenvalue weighted by molar-refractivity contribution is -0.136. The number of sulfonamides is 1. The molecular weight excluding hydrogens is 274 g/mol. The molecule has 0 aliphatic carbocycles. The third kappa shape index (κ3) is 4.23. The number of benzene rings is 1. The highest BCUT2D eigenvalue weighted by atomic mass is 32.2. The largest absolute Gasteiger partial charge is 0.481 e. The second-order valence-electron chi connectivity index (χ2n) is 3.55. The van der Waals surface area contributed by atoms with Crippen molar-refractivity contribution in [2.45, 2.75) is 11.3 Å². The van der Waals surface area contributed by atoms with E-state index in [1.54, 1.807) is 0 Å². The minimum Gasteiger partial charge on any atom is -0.481 e. The zero-order valence-corrected chi connectivity index (χ0v) is 10.6. The summed E-state index contributed by atoms with van der Waals surface area (Å²) in [7, 11) is -3.83. The predicted molar refractivity (Wildman–Crippen MR) is 66.4 cm³/mol. The van der Waals surface area contributed by atoms with E-state index in [1.165, 1.54) is 24.3 Å². The smallest absolute Gasteiger partial charge is 0.304 e. The molecule has 1 aromatic carbocycles. The number of nitrogens with one attached hydrogen (secondary N) is 1. The molecule has 5 N–H and O–H groups in total. The van der Waals surface area contributed by atoms with Gasteiger partial charge in [-0.15, -0.1) is 0 Å². The van der Waals surface area contributed by atoms with E-state index in [1.807, 2.05) is 0 Å². The van der Waals surface area contributed by atoms with E-state index in [4.69, 9.17) is 16.0 Å². The molecule has 9 heteroatoms. The van der Waals surface area contributed by atoms with Crippen LogP contribution < -0.4 is 10.5 Å². The molecule has 0 saturated carbocycles. The number of aliphatic carboxylic acids is 1. The average Bonchev–Trinajstić information content (AvgIpc) is 2.37. The summed E-state index contributed by atoms with van der Waals surface area (Å²) in [6.07, 6.45) is -0.320. The highest BCUT2D eigenvalue weighted by Crippen LogP contribution is 2.11. The molecule has 0 spiro atoms. The fourth-order valence-corrected chi connectivity index (χ4v) is 2.33. The van der Waals surface area contributed by atoms with E-state index >= 15 is 0 Å². The van der Waals surface area contributed by atoms with Gasteiger partial charge in [-0.05, 0) is 12.1 Å². The van der Waals surface area contributed by atoms with Crippen molar-refractivity contribution in [1.29, 1.82) is 0 Å². The van der Waals surface area contributed by atoms with Crippen LogP contribution in [0.1, 0.15) is 12.0 Å². The van der Waals surface area contributed by atoms with Gasteiger partial charge < -0.3 is 16.0 Å². The minimum absolute atomic E-state index is 0.0954. The Balaban J connectivity index is 2.92. The van der Waals surface area contributed by atoms with Crippen molar-refractivity contribution in [1.82, 2.24) is 4.72 Å². The third-order valence-corrected chi connectivity index (χ3v) is 3.64. The van der Waals surface area contributed by atoms with E-state index in [0.29, 0.717) is 0 Å². The van der Waals surface area contributed by atoms with Crippen LogP contribution in [0.4, 0.5) is 0 Å². The first-order valence-corrected chi connectivity index (χ1v) is 6.64. The summed E-state index contributed by atoms with van der Waals surface area (Å²) in [5.74, 6) is -1.32. The van der Waals surface area contributed by atoms with Crippen LogP contribution in [0.2, 0.25) is 0 Å². The molecule has 0 bridgehead atoms. The maximum absolute atomic E-state index is 11.8. The minimum atomic E-state index is -3.83. The summed E-state index contributed by atoms with van der Waals surface area (Å²) in [6.45, 7) is -0.217. The molecule has 8 nitrogen and oxygen atoms in total. The predicted octanol–water partition coefficient (Wildman–Crippen LogP) is -0.466. The number of carboxylic acid groups (broad SMARTS) is 1. The number of hydrogen-bond acceptors (Lipinski definition) is 5. The summed E-state index contributed by atoms with van der Waals surface area (Å²) in [5.41, 5.74) is 5.59. The van der Waals surface area contributed by atoms with Crippen molar-refractivity contribution >= 4 is 21.8 Å². The van der Waals surface area contributed by atoms with Crippen LogP contribution in [0.5, 0.6) is 0 Å². The van der Waals surface area contributed by atoms with Gasteiger partial charge in [0.05, 0.1) is 11.3 Å². The first-order chi connectivity index (χ1) is 8.86. The molecule has 0 amide bonds. The Bertz CT molecular complexity index is 597. The van der Waals surface area contributed by atoms with Crippen LogP contribution in [-0.2, 0) is 14.8 Å². The number of oxime groups is 1. The van der Waals surface area contributed by atoms with Crippen molar-refractivity contribution in [3.05, 3.63) is 29.8 Å². The van der Waals surface area contributed by atoms with Crippen LogP contribution in [-0.4, -0.2) is 37.1 Å². The summed E-state index contributed by atoms with van der Waals surface area (Å²) < 4.78 is 25.8. The third-order valence-electron chi connectivity index (χ3n) is 2.18. The van der Waals surface area contributed by atoms with E-state index < -0.39 is 16.0 Å². The highest BCUT2D eigenvalue weighted by Gasteiger charge is 2.15. The van der Waals surface area contributed by atoms with E-state index in [0.717, 1.165) is 0 Å². The molecule has 1 aromatic rings. The second kappa shape index (κ2) is 6.16. The van der Waals surface area contributed by atoms with Gasteiger partial charge in [-0.3, -0.25) is 4.79 Å². The number of carboxylic acids is 1. The van der Waals surface area contributed by atoms with Gasteiger partial charge in [0, 0.05) is 12.1 Å². The molecule has 0 unspecified atom stereocenters. The van der Waals surface area contributed by atoms with Crippen LogP contribution in [0.3, 0.4) is 0 Å². The summed E-state index contributed by atoms with van der Waals surface area (Å²) in [6, 6.07) is 5.44. The Kier molecular flexibility index (Phi) is 4.84. The van der Waals surface area contributed by atoms with Gasteiger partial charge in [0.2, 0.25) is 10.0 Å². The monoisotopic (exact) mass is 287 g/mol. The quantitative estimate of drug-likeness (QED) is 0.241. The molecule has 19 heavy (non-hydrogen) atoms. The fraction of sp³-hybridized carbons (Fsp3) is 0.200. The van der Waals surface area contributed by atoms with Crippen molar-refractivity contribution < 1.29 is 23.5 Å². The number of hydrogen-bond donors (Lipinski definition) is 4.